The minimum atomic E-state index is -0.0955. The SMILES string of the molecule is COc1ccccc1OCC(=O)NCCC1CCNC1. The summed E-state index contributed by atoms with van der Waals surface area (Å²) in [6, 6.07) is 7.31. The van der Waals surface area contributed by atoms with Crippen LogP contribution in [0.15, 0.2) is 24.3 Å². The lowest BCUT2D eigenvalue weighted by Crippen LogP contribution is -2.30. The number of hydrogen-bond acceptors (Lipinski definition) is 4. The molecule has 1 aliphatic heterocycles. The number of benzene rings is 1. The number of para-hydroxylation sites is 2. The van der Waals surface area contributed by atoms with Gasteiger partial charge >= 0.3 is 0 Å². The quantitative estimate of drug-likeness (QED) is 0.786. The Morgan fingerprint density at radius 3 is 2.90 bits per heavy atom. The van der Waals surface area contributed by atoms with E-state index in [1.807, 2.05) is 12.1 Å². The van der Waals surface area contributed by atoms with Crippen molar-refractivity contribution in [3.8, 4) is 11.5 Å². The van der Waals surface area contributed by atoms with Crippen molar-refractivity contribution in [1.29, 1.82) is 0 Å². The first-order valence-electron chi connectivity index (χ1n) is 7.03. The van der Waals surface area contributed by atoms with Gasteiger partial charge < -0.3 is 20.1 Å². The van der Waals surface area contributed by atoms with Gasteiger partial charge in [-0.15, -0.1) is 0 Å². The van der Waals surface area contributed by atoms with E-state index in [-0.39, 0.29) is 12.5 Å². The summed E-state index contributed by atoms with van der Waals surface area (Å²) in [5.41, 5.74) is 0. The van der Waals surface area contributed by atoms with Crippen LogP contribution in [-0.4, -0.2) is 39.3 Å². The summed E-state index contributed by atoms with van der Waals surface area (Å²) in [6.07, 6.45) is 2.22. The Kier molecular flexibility index (Phi) is 5.68. The second-order valence-corrected chi connectivity index (χ2v) is 4.94. The topological polar surface area (TPSA) is 59.6 Å². The van der Waals surface area contributed by atoms with Crippen LogP contribution in [0.25, 0.3) is 0 Å². The highest BCUT2D eigenvalue weighted by molar-refractivity contribution is 5.77. The lowest BCUT2D eigenvalue weighted by Gasteiger charge is -2.11. The predicted octanol–water partition coefficient (Wildman–Crippen LogP) is 1.19. The van der Waals surface area contributed by atoms with Gasteiger partial charge in [-0.05, 0) is 44.0 Å². The van der Waals surface area contributed by atoms with E-state index < -0.39 is 0 Å². The average molecular weight is 278 g/mol. The summed E-state index contributed by atoms with van der Waals surface area (Å²) in [7, 11) is 1.58. The van der Waals surface area contributed by atoms with Crippen molar-refractivity contribution in [2.45, 2.75) is 12.8 Å². The molecule has 0 aliphatic carbocycles. The molecule has 0 bridgehead atoms. The largest absolute Gasteiger partial charge is 0.493 e. The molecule has 5 nitrogen and oxygen atoms in total. The van der Waals surface area contributed by atoms with Crippen LogP contribution in [0.4, 0.5) is 0 Å². The lowest BCUT2D eigenvalue weighted by molar-refractivity contribution is -0.123. The Bertz CT molecular complexity index is 431. The summed E-state index contributed by atoms with van der Waals surface area (Å²) < 4.78 is 10.6. The van der Waals surface area contributed by atoms with Crippen LogP contribution >= 0.6 is 0 Å². The fraction of sp³-hybridized carbons (Fsp3) is 0.533. The molecular weight excluding hydrogens is 256 g/mol. The molecule has 1 saturated heterocycles. The van der Waals surface area contributed by atoms with Gasteiger partial charge in [0.05, 0.1) is 7.11 Å². The van der Waals surface area contributed by atoms with E-state index >= 15 is 0 Å². The molecular formula is C15H22N2O3. The highest BCUT2D eigenvalue weighted by Crippen LogP contribution is 2.25. The molecule has 1 aliphatic rings. The third kappa shape index (κ3) is 4.42. The molecule has 0 radical (unpaired) electrons. The van der Waals surface area contributed by atoms with Gasteiger partial charge in [0.25, 0.3) is 5.91 Å². The Hall–Kier alpha value is -1.75. The van der Waals surface area contributed by atoms with Crippen LogP contribution in [0.1, 0.15) is 12.8 Å². The van der Waals surface area contributed by atoms with Crippen molar-refractivity contribution < 1.29 is 14.3 Å². The summed E-state index contributed by atoms with van der Waals surface area (Å²) in [4.78, 5) is 11.7. The molecule has 1 fully saturated rings. The third-order valence-corrected chi connectivity index (χ3v) is 3.46. The Morgan fingerprint density at radius 1 is 1.40 bits per heavy atom. The maximum Gasteiger partial charge on any atom is 0.257 e. The molecule has 110 valence electrons. The van der Waals surface area contributed by atoms with E-state index in [1.165, 1.54) is 6.42 Å². The van der Waals surface area contributed by atoms with Crippen LogP contribution < -0.4 is 20.1 Å². The summed E-state index contributed by atoms with van der Waals surface area (Å²) in [5.74, 6) is 1.81. The molecule has 2 N–H and O–H groups in total. The fourth-order valence-corrected chi connectivity index (χ4v) is 2.31. The average Bonchev–Trinajstić information content (AvgIpc) is 2.98. The first kappa shape index (κ1) is 14.7. The third-order valence-electron chi connectivity index (χ3n) is 3.46. The minimum Gasteiger partial charge on any atom is -0.493 e. The first-order chi connectivity index (χ1) is 9.79. The zero-order valence-electron chi connectivity index (χ0n) is 11.9. The van der Waals surface area contributed by atoms with Crippen molar-refractivity contribution in [2.75, 3.05) is 33.4 Å². The normalized spacial score (nSPS) is 17.8. The number of rotatable bonds is 7. The number of nitrogens with one attached hydrogen (secondary N) is 2. The van der Waals surface area contributed by atoms with E-state index in [0.29, 0.717) is 24.0 Å². The van der Waals surface area contributed by atoms with Gasteiger partial charge in [0.2, 0.25) is 0 Å². The molecule has 1 heterocycles. The van der Waals surface area contributed by atoms with Crippen LogP contribution in [0, 0.1) is 5.92 Å². The van der Waals surface area contributed by atoms with Crippen LogP contribution in [-0.2, 0) is 4.79 Å². The van der Waals surface area contributed by atoms with Gasteiger partial charge in [-0.25, -0.2) is 0 Å². The Balaban J connectivity index is 1.66. The highest BCUT2D eigenvalue weighted by atomic mass is 16.5. The van der Waals surface area contributed by atoms with Crippen molar-refractivity contribution in [3.63, 3.8) is 0 Å². The molecule has 20 heavy (non-hydrogen) atoms. The van der Waals surface area contributed by atoms with Crippen molar-refractivity contribution in [1.82, 2.24) is 10.6 Å². The number of amides is 1. The van der Waals surface area contributed by atoms with E-state index in [9.17, 15) is 4.79 Å². The second-order valence-electron chi connectivity index (χ2n) is 4.94. The number of carbonyl (C=O) groups is 1. The maximum atomic E-state index is 11.7. The van der Waals surface area contributed by atoms with Crippen LogP contribution in [0.5, 0.6) is 11.5 Å². The number of carbonyl (C=O) groups excluding carboxylic acids is 1. The smallest absolute Gasteiger partial charge is 0.257 e. The summed E-state index contributed by atoms with van der Waals surface area (Å²) in [6.45, 7) is 2.88. The monoisotopic (exact) mass is 278 g/mol. The Morgan fingerprint density at radius 2 is 2.20 bits per heavy atom. The summed E-state index contributed by atoms with van der Waals surface area (Å²) in [5, 5.41) is 6.20. The van der Waals surface area contributed by atoms with Crippen molar-refractivity contribution in [3.05, 3.63) is 24.3 Å². The molecule has 1 aromatic carbocycles. The minimum absolute atomic E-state index is 0.0172. The molecule has 1 atom stereocenters. The Labute approximate surface area is 119 Å². The standard InChI is InChI=1S/C15H22N2O3/c1-19-13-4-2-3-5-14(13)20-11-15(18)17-9-7-12-6-8-16-10-12/h2-5,12,16H,6-11H2,1H3,(H,17,18). The van der Waals surface area contributed by atoms with E-state index in [4.69, 9.17) is 9.47 Å². The van der Waals surface area contributed by atoms with Crippen molar-refractivity contribution >= 4 is 5.91 Å². The first-order valence-corrected chi connectivity index (χ1v) is 7.03. The predicted molar refractivity (Wildman–Crippen MR) is 77.1 cm³/mol. The molecule has 1 unspecified atom stereocenters. The second kappa shape index (κ2) is 7.75. The highest BCUT2D eigenvalue weighted by Gasteiger charge is 2.14. The van der Waals surface area contributed by atoms with E-state index in [0.717, 1.165) is 19.5 Å². The van der Waals surface area contributed by atoms with E-state index in [1.54, 1.807) is 19.2 Å². The number of hydrogen-bond donors (Lipinski definition) is 2. The molecule has 1 aromatic rings. The molecule has 0 spiro atoms. The number of ether oxygens (including phenoxy) is 2. The lowest BCUT2D eigenvalue weighted by atomic mass is 10.1. The molecule has 5 heteroatoms. The zero-order chi connectivity index (χ0) is 14.2. The van der Waals surface area contributed by atoms with Gasteiger partial charge in [0, 0.05) is 6.54 Å². The molecule has 2 rings (SSSR count). The molecule has 0 aromatic heterocycles. The van der Waals surface area contributed by atoms with E-state index in [2.05, 4.69) is 10.6 Å². The molecule has 1 amide bonds. The van der Waals surface area contributed by atoms with Crippen LogP contribution in [0.3, 0.4) is 0 Å². The summed E-state index contributed by atoms with van der Waals surface area (Å²) >= 11 is 0. The van der Waals surface area contributed by atoms with Crippen molar-refractivity contribution in [2.24, 2.45) is 5.92 Å². The maximum absolute atomic E-state index is 11.7. The molecule has 0 saturated carbocycles. The van der Waals surface area contributed by atoms with Gasteiger partial charge in [0.1, 0.15) is 0 Å². The van der Waals surface area contributed by atoms with Crippen LogP contribution in [0.2, 0.25) is 0 Å². The fourth-order valence-electron chi connectivity index (χ4n) is 2.31. The van der Waals surface area contributed by atoms with Gasteiger partial charge in [0.15, 0.2) is 18.1 Å². The van der Waals surface area contributed by atoms with Gasteiger partial charge in [-0.3, -0.25) is 4.79 Å². The number of methoxy groups -OCH3 is 1. The zero-order valence-corrected chi connectivity index (χ0v) is 11.9. The van der Waals surface area contributed by atoms with Gasteiger partial charge in [-0.1, -0.05) is 12.1 Å². The van der Waals surface area contributed by atoms with Gasteiger partial charge in [-0.2, -0.15) is 0 Å².